The minimum atomic E-state index is -1.53. The minimum absolute atomic E-state index is 0.129. The van der Waals surface area contributed by atoms with Crippen LogP contribution in [0.5, 0.6) is 0 Å². The number of aliphatic hydroxyl groups is 5. The zero-order valence-corrected chi connectivity index (χ0v) is 12.9. The molecule has 0 saturated carbocycles. The van der Waals surface area contributed by atoms with Gasteiger partial charge in [-0.1, -0.05) is 6.08 Å². The summed E-state index contributed by atoms with van der Waals surface area (Å²) in [6, 6.07) is -0.293. The molecule has 0 spiro atoms. The Labute approximate surface area is 138 Å². The molecule has 7 N–H and O–H groups in total. The van der Waals surface area contributed by atoms with Crippen LogP contribution in [0.3, 0.4) is 0 Å². The second kappa shape index (κ2) is 7.06. The molecule has 136 valence electrons. The summed E-state index contributed by atoms with van der Waals surface area (Å²) < 4.78 is 16.4. The second-order valence-electron chi connectivity index (χ2n) is 6.25. The van der Waals surface area contributed by atoms with E-state index in [1.165, 1.54) is 6.26 Å². The van der Waals surface area contributed by atoms with Crippen LogP contribution in [0, 0.1) is 11.8 Å². The van der Waals surface area contributed by atoms with E-state index in [0.717, 1.165) is 0 Å². The Balaban J connectivity index is 1.75. The lowest BCUT2D eigenvalue weighted by Gasteiger charge is -2.42. The molecule has 2 heterocycles. The van der Waals surface area contributed by atoms with Gasteiger partial charge in [-0.25, -0.2) is 0 Å². The SMILES string of the molecule is N[C@H]1C=C(CO)[C@H]2[C@H](O[C@@H]3O[C@H](CO)[C@@H](O)[C@H](O)[C@H]3O)OC=C[C@H]21. The first-order valence-corrected chi connectivity index (χ1v) is 7.83. The Morgan fingerprint density at radius 1 is 1.08 bits per heavy atom. The third kappa shape index (κ3) is 2.98. The van der Waals surface area contributed by atoms with E-state index in [-0.39, 0.29) is 24.5 Å². The Hall–Kier alpha value is -1.04. The molecule has 3 rings (SSSR count). The zero-order valence-electron chi connectivity index (χ0n) is 12.9. The first kappa shape index (κ1) is 17.8. The number of hydrogen-bond acceptors (Lipinski definition) is 9. The van der Waals surface area contributed by atoms with Crippen LogP contribution < -0.4 is 5.73 Å². The number of fused-ring (bicyclic) bond motifs is 1. The van der Waals surface area contributed by atoms with E-state index >= 15 is 0 Å². The van der Waals surface area contributed by atoms with Crippen molar-refractivity contribution < 1.29 is 39.7 Å². The van der Waals surface area contributed by atoms with E-state index in [4.69, 9.17) is 19.9 Å². The lowest BCUT2D eigenvalue weighted by atomic mass is 9.87. The van der Waals surface area contributed by atoms with E-state index in [1.54, 1.807) is 12.2 Å². The Morgan fingerprint density at radius 2 is 1.83 bits per heavy atom. The van der Waals surface area contributed by atoms with Gasteiger partial charge >= 0.3 is 0 Å². The summed E-state index contributed by atoms with van der Waals surface area (Å²) >= 11 is 0. The topological polar surface area (TPSA) is 155 Å². The molecular weight excluding hydrogens is 322 g/mol. The predicted octanol–water partition coefficient (Wildman–Crippen LogP) is -2.84. The highest BCUT2D eigenvalue weighted by Crippen LogP contribution is 2.40. The maximum absolute atomic E-state index is 10.1. The van der Waals surface area contributed by atoms with Crippen molar-refractivity contribution in [2.75, 3.05) is 13.2 Å². The zero-order chi connectivity index (χ0) is 17.4. The maximum Gasteiger partial charge on any atom is 0.208 e. The fourth-order valence-corrected chi connectivity index (χ4v) is 3.45. The van der Waals surface area contributed by atoms with Crippen LogP contribution in [0.25, 0.3) is 0 Å². The number of hydrogen-bond donors (Lipinski definition) is 6. The summed E-state index contributed by atoms with van der Waals surface area (Å²) in [6.07, 6.45) is -2.83. The molecule has 0 radical (unpaired) electrons. The molecule has 9 atom stereocenters. The minimum Gasteiger partial charge on any atom is -0.472 e. The quantitative estimate of drug-likeness (QED) is 0.296. The van der Waals surface area contributed by atoms with Gasteiger partial charge in [0, 0.05) is 12.0 Å². The molecule has 0 aromatic rings. The molecule has 1 fully saturated rings. The summed E-state index contributed by atoms with van der Waals surface area (Å²) in [5, 5.41) is 48.4. The van der Waals surface area contributed by atoms with Crippen molar-refractivity contribution in [1.29, 1.82) is 0 Å². The van der Waals surface area contributed by atoms with Crippen LogP contribution in [0.15, 0.2) is 24.0 Å². The molecule has 24 heavy (non-hydrogen) atoms. The van der Waals surface area contributed by atoms with Crippen molar-refractivity contribution >= 4 is 0 Å². The van der Waals surface area contributed by atoms with Crippen molar-refractivity contribution in [3.8, 4) is 0 Å². The van der Waals surface area contributed by atoms with Gasteiger partial charge in [0.25, 0.3) is 0 Å². The van der Waals surface area contributed by atoms with Crippen molar-refractivity contribution in [2.45, 2.75) is 43.0 Å². The van der Waals surface area contributed by atoms with Gasteiger partial charge in [-0.2, -0.15) is 0 Å². The highest BCUT2D eigenvalue weighted by molar-refractivity contribution is 5.26. The van der Waals surface area contributed by atoms with Gasteiger partial charge in [-0.05, 0) is 11.6 Å². The summed E-state index contributed by atoms with van der Waals surface area (Å²) in [5.41, 5.74) is 6.68. The first-order chi connectivity index (χ1) is 11.5. The van der Waals surface area contributed by atoms with E-state index in [2.05, 4.69) is 0 Å². The molecule has 0 aromatic carbocycles. The van der Waals surface area contributed by atoms with Crippen molar-refractivity contribution in [2.24, 2.45) is 17.6 Å². The average molecular weight is 345 g/mol. The largest absolute Gasteiger partial charge is 0.472 e. The third-order valence-electron chi connectivity index (χ3n) is 4.80. The number of aliphatic hydroxyl groups excluding tert-OH is 5. The molecule has 0 bridgehead atoms. The molecule has 0 aromatic heterocycles. The van der Waals surface area contributed by atoms with Crippen LogP contribution in [-0.4, -0.2) is 81.8 Å². The maximum atomic E-state index is 10.1. The fraction of sp³-hybridized carbons (Fsp3) is 0.733. The molecule has 1 aliphatic carbocycles. The molecule has 0 amide bonds. The van der Waals surface area contributed by atoms with Crippen LogP contribution in [0.1, 0.15) is 0 Å². The predicted molar refractivity (Wildman–Crippen MR) is 79.0 cm³/mol. The lowest BCUT2D eigenvalue weighted by Crippen LogP contribution is -2.60. The Morgan fingerprint density at radius 3 is 2.50 bits per heavy atom. The van der Waals surface area contributed by atoms with Gasteiger partial charge in [0.2, 0.25) is 6.29 Å². The number of ether oxygens (including phenoxy) is 3. The molecule has 9 heteroatoms. The summed E-state index contributed by atoms with van der Waals surface area (Å²) in [5.74, 6) is -0.488. The van der Waals surface area contributed by atoms with Gasteiger partial charge in [0.05, 0.1) is 25.4 Å². The smallest absolute Gasteiger partial charge is 0.208 e. The van der Waals surface area contributed by atoms with Gasteiger partial charge in [0.1, 0.15) is 24.4 Å². The van der Waals surface area contributed by atoms with Gasteiger partial charge in [-0.3, -0.25) is 0 Å². The standard InChI is InChI=1S/C15H23NO8/c16-8-3-6(4-17)10-7(8)1-2-22-14(10)24-15-13(21)12(20)11(19)9(5-18)23-15/h1-3,7-15,17-21H,4-5,16H2/t7-,8-,9+,10+,11+,12-,13+,14-,15-/m0/s1. The highest BCUT2D eigenvalue weighted by atomic mass is 16.8. The second-order valence-corrected chi connectivity index (χ2v) is 6.25. The van der Waals surface area contributed by atoms with Crippen molar-refractivity contribution in [3.05, 3.63) is 24.0 Å². The molecular formula is C15H23NO8. The number of rotatable bonds is 4. The molecule has 1 saturated heterocycles. The molecule has 2 aliphatic heterocycles. The van der Waals surface area contributed by atoms with Crippen LogP contribution in [0.2, 0.25) is 0 Å². The van der Waals surface area contributed by atoms with Gasteiger partial charge < -0.3 is 45.5 Å². The van der Waals surface area contributed by atoms with Crippen LogP contribution in [-0.2, 0) is 14.2 Å². The monoisotopic (exact) mass is 345 g/mol. The summed E-state index contributed by atoms with van der Waals surface area (Å²) in [7, 11) is 0. The van der Waals surface area contributed by atoms with E-state index in [9.17, 15) is 25.5 Å². The third-order valence-corrected chi connectivity index (χ3v) is 4.80. The number of nitrogens with two attached hydrogens (primary N) is 1. The highest BCUT2D eigenvalue weighted by Gasteiger charge is 2.48. The first-order valence-electron chi connectivity index (χ1n) is 7.83. The molecule has 3 aliphatic rings. The van der Waals surface area contributed by atoms with Crippen molar-refractivity contribution in [3.63, 3.8) is 0 Å². The summed E-state index contributed by atoms with van der Waals surface area (Å²) in [4.78, 5) is 0. The van der Waals surface area contributed by atoms with Gasteiger partial charge in [-0.15, -0.1) is 0 Å². The van der Waals surface area contributed by atoms with Crippen LogP contribution in [0.4, 0.5) is 0 Å². The Bertz CT molecular complexity index is 510. The normalized spacial score (nSPS) is 47.9. The Kier molecular flexibility index (Phi) is 5.23. The van der Waals surface area contributed by atoms with Crippen molar-refractivity contribution in [1.82, 2.24) is 0 Å². The van der Waals surface area contributed by atoms with Gasteiger partial charge in [0.15, 0.2) is 6.29 Å². The average Bonchev–Trinajstić information content (AvgIpc) is 2.92. The van der Waals surface area contributed by atoms with E-state index in [0.29, 0.717) is 5.57 Å². The van der Waals surface area contributed by atoms with E-state index in [1.807, 2.05) is 0 Å². The van der Waals surface area contributed by atoms with Crippen LogP contribution >= 0.6 is 0 Å². The molecule has 0 unspecified atom stereocenters. The fourth-order valence-electron chi connectivity index (χ4n) is 3.45. The molecule has 9 nitrogen and oxygen atoms in total. The lowest BCUT2D eigenvalue weighted by molar-refractivity contribution is -0.339. The summed E-state index contributed by atoms with van der Waals surface area (Å²) in [6.45, 7) is -0.754. The van der Waals surface area contributed by atoms with E-state index < -0.39 is 43.6 Å².